The fourth-order valence-electron chi connectivity index (χ4n) is 7.11. The topological polar surface area (TPSA) is 47.6 Å². The van der Waals surface area contributed by atoms with Gasteiger partial charge in [-0.1, -0.05) is 44.9 Å². The van der Waals surface area contributed by atoms with Gasteiger partial charge in [0.05, 0.1) is 6.17 Å². The van der Waals surface area contributed by atoms with Crippen LogP contribution >= 0.6 is 0 Å². The molecule has 5 fully saturated rings. The molecule has 0 aromatic heterocycles. The van der Waals surface area contributed by atoms with Crippen LogP contribution in [-0.4, -0.2) is 54.2 Å². The normalized spacial score (nSPS) is 40.2. The molecule has 5 aliphatic rings. The molecule has 5 heteroatoms. The van der Waals surface area contributed by atoms with Crippen LogP contribution < -0.4 is 10.7 Å². The summed E-state index contributed by atoms with van der Waals surface area (Å²) in [6.07, 6.45) is 18.2. The van der Waals surface area contributed by atoms with Crippen LogP contribution in [0.1, 0.15) is 83.5 Å². The number of hydrogen-bond acceptors (Lipinski definition) is 4. The molecular formula is C24H42N4O. The Morgan fingerprint density at radius 3 is 2.38 bits per heavy atom. The summed E-state index contributed by atoms with van der Waals surface area (Å²) in [7, 11) is 0. The molecule has 2 saturated carbocycles. The standard InChI is InChI=1S/C24H42N4O/c29-24-12-14-28(24)23-10-9-18(16-25-23)17-27-13-11-22(26-27)21-8-4-7-20(15-21)19-5-2-1-3-6-19/h18-23,25-26H,1-17H2. The largest absolute Gasteiger partial charge is 0.327 e. The highest BCUT2D eigenvalue weighted by atomic mass is 16.2. The van der Waals surface area contributed by atoms with Crippen LogP contribution in [-0.2, 0) is 4.79 Å². The summed E-state index contributed by atoms with van der Waals surface area (Å²) in [5.74, 6) is 4.03. The lowest BCUT2D eigenvalue weighted by Gasteiger charge is -2.42. The van der Waals surface area contributed by atoms with E-state index in [-0.39, 0.29) is 0 Å². The van der Waals surface area contributed by atoms with Crippen molar-refractivity contribution in [1.29, 1.82) is 0 Å². The van der Waals surface area contributed by atoms with Gasteiger partial charge in [-0.05, 0) is 55.8 Å². The number of rotatable bonds is 5. The molecule has 5 rings (SSSR count). The summed E-state index contributed by atoms with van der Waals surface area (Å²) in [5.41, 5.74) is 3.94. The van der Waals surface area contributed by atoms with Crippen LogP contribution in [0.15, 0.2) is 0 Å². The molecular weight excluding hydrogens is 360 g/mol. The third kappa shape index (κ3) is 4.67. The number of hydrogen-bond donors (Lipinski definition) is 2. The molecule has 3 heterocycles. The van der Waals surface area contributed by atoms with Crippen LogP contribution in [0, 0.1) is 23.7 Å². The molecule has 5 nitrogen and oxygen atoms in total. The molecule has 0 bridgehead atoms. The Labute approximate surface area is 177 Å². The minimum absolute atomic E-state index is 0.311. The average molecular weight is 403 g/mol. The number of nitrogens with zero attached hydrogens (tertiary/aromatic N) is 2. The van der Waals surface area contributed by atoms with Crippen molar-refractivity contribution in [2.45, 2.75) is 95.7 Å². The Morgan fingerprint density at radius 2 is 1.66 bits per heavy atom. The first kappa shape index (κ1) is 20.3. The van der Waals surface area contributed by atoms with E-state index in [2.05, 4.69) is 15.8 Å². The van der Waals surface area contributed by atoms with Gasteiger partial charge in [0.25, 0.3) is 0 Å². The highest BCUT2D eigenvalue weighted by molar-refractivity contribution is 5.81. The highest BCUT2D eigenvalue weighted by Crippen LogP contribution is 2.42. The van der Waals surface area contributed by atoms with Crippen molar-refractivity contribution in [3.05, 3.63) is 0 Å². The first-order valence-corrected chi connectivity index (χ1v) is 12.8. The summed E-state index contributed by atoms with van der Waals surface area (Å²) in [6, 6.07) is 0.726. The van der Waals surface area contributed by atoms with E-state index >= 15 is 0 Å². The lowest BCUT2D eigenvalue weighted by atomic mass is 9.69. The highest BCUT2D eigenvalue weighted by Gasteiger charge is 2.37. The molecule has 5 atom stereocenters. The smallest absolute Gasteiger partial charge is 0.225 e. The van der Waals surface area contributed by atoms with Gasteiger partial charge in [-0.25, -0.2) is 5.01 Å². The van der Waals surface area contributed by atoms with E-state index in [1.54, 1.807) is 0 Å². The van der Waals surface area contributed by atoms with E-state index in [0.717, 1.165) is 55.6 Å². The van der Waals surface area contributed by atoms with Crippen molar-refractivity contribution in [3.63, 3.8) is 0 Å². The predicted molar refractivity (Wildman–Crippen MR) is 116 cm³/mol. The van der Waals surface area contributed by atoms with Crippen molar-refractivity contribution < 1.29 is 4.79 Å². The van der Waals surface area contributed by atoms with Gasteiger partial charge in [0.1, 0.15) is 0 Å². The summed E-state index contributed by atoms with van der Waals surface area (Å²) in [4.78, 5) is 13.7. The van der Waals surface area contributed by atoms with Gasteiger partial charge in [0, 0.05) is 38.6 Å². The molecule has 0 spiro atoms. The van der Waals surface area contributed by atoms with Gasteiger partial charge < -0.3 is 4.90 Å². The lowest BCUT2D eigenvalue weighted by molar-refractivity contribution is -0.145. The zero-order valence-corrected chi connectivity index (χ0v) is 18.3. The van der Waals surface area contributed by atoms with E-state index < -0.39 is 0 Å². The van der Waals surface area contributed by atoms with Crippen LogP contribution in [0.5, 0.6) is 0 Å². The maximum atomic E-state index is 11.7. The Morgan fingerprint density at radius 1 is 0.828 bits per heavy atom. The molecule has 0 radical (unpaired) electrons. The van der Waals surface area contributed by atoms with Gasteiger partial charge >= 0.3 is 0 Å². The number of amides is 1. The lowest BCUT2D eigenvalue weighted by Crippen LogP contribution is -2.59. The maximum absolute atomic E-state index is 11.7. The summed E-state index contributed by atoms with van der Waals surface area (Å²) in [5, 5.41) is 6.18. The second kappa shape index (κ2) is 9.23. The Kier molecular flexibility index (Phi) is 6.45. The van der Waals surface area contributed by atoms with Crippen LogP contribution in [0.2, 0.25) is 0 Å². The molecule has 2 aliphatic carbocycles. The fraction of sp³-hybridized carbons (Fsp3) is 0.958. The minimum Gasteiger partial charge on any atom is -0.327 e. The first-order chi connectivity index (χ1) is 14.3. The molecule has 1 amide bonds. The fourth-order valence-corrected chi connectivity index (χ4v) is 7.11. The molecule has 0 aromatic rings. The Bertz CT molecular complexity index is 555. The van der Waals surface area contributed by atoms with Crippen molar-refractivity contribution in [2.75, 3.05) is 26.2 Å². The Balaban J connectivity index is 1.05. The number of β-lactam (4-membered cyclic amide) rings is 1. The van der Waals surface area contributed by atoms with Crippen molar-refractivity contribution in [3.8, 4) is 0 Å². The molecule has 164 valence electrons. The number of nitrogens with one attached hydrogen (secondary N) is 2. The van der Waals surface area contributed by atoms with Gasteiger partial charge in [0.15, 0.2) is 0 Å². The third-order valence-electron chi connectivity index (χ3n) is 8.93. The van der Waals surface area contributed by atoms with Crippen molar-refractivity contribution >= 4 is 5.91 Å². The van der Waals surface area contributed by atoms with Gasteiger partial charge in [-0.3, -0.25) is 15.5 Å². The SMILES string of the molecule is O=C1CCN1C1CCC(CN2CCC(C3CCCC(C4CCCCC4)C3)N2)CN1. The number of carbonyl (C=O) groups is 1. The molecule has 2 N–H and O–H groups in total. The third-order valence-corrected chi connectivity index (χ3v) is 8.93. The molecule has 5 unspecified atom stereocenters. The van der Waals surface area contributed by atoms with E-state index in [1.165, 1.54) is 83.7 Å². The summed E-state index contributed by atoms with van der Waals surface area (Å²) in [6.45, 7) is 4.41. The van der Waals surface area contributed by atoms with E-state index in [4.69, 9.17) is 0 Å². The predicted octanol–water partition coefficient (Wildman–Crippen LogP) is 3.51. The maximum Gasteiger partial charge on any atom is 0.225 e. The van der Waals surface area contributed by atoms with Gasteiger partial charge in [-0.2, -0.15) is 0 Å². The summed E-state index contributed by atoms with van der Waals surface area (Å²) >= 11 is 0. The van der Waals surface area contributed by atoms with Crippen LogP contribution in [0.3, 0.4) is 0 Å². The van der Waals surface area contributed by atoms with Crippen LogP contribution in [0.25, 0.3) is 0 Å². The zero-order chi connectivity index (χ0) is 19.6. The average Bonchev–Trinajstić information content (AvgIpc) is 3.23. The van der Waals surface area contributed by atoms with Crippen molar-refractivity contribution in [2.24, 2.45) is 23.7 Å². The molecule has 3 saturated heterocycles. The van der Waals surface area contributed by atoms with E-state index in [0.29, 0.717) is 12.1 Å². The zero-order valence-electron chi connectivity index (χ0n) is 18.3. The first-order valence-electron chi connectivity index (χ1n) is 12.8. The van der Waals surface area contributed by atoms with Gasteiger partial charge in [-0.15, -0.1) is 0 Å². The minimum atomic E-state index is 0.311. The summed E-state index contributed by atoms with van der Waals surface area (Å²) < 4.78 is 0. The second-order valence-corrected chi connectivity index (χ2v) is 10.8. The molecule has 3 aliphatic heterocycles. The quantitative estimate of drug-likeness (QED) is 0.691. The second-order valence-electron chi connectivity index (χ2n) is 10.8. The van der Waals surface area contributed by atoms with E-state index in [9.17, 15) is 4.79 Å². The van der Waals surface area contributed by atoms with Crippen LogP contribution in [0.4, 0.5) is 0 Å². The molecule has 0 aromatic carbocycles. The number of hydrazine groups is 1. The Hall–Kier alpha value is -0.650. The molecule has 29 heavy (non-hydrogen) atoms. The number of carbonyl (C=O) groups excluding carboxylic acids is 1. The number of piperidine rings is 1. The monoisotopic (exact) mass is 402 g/mol. The van der Waals surface area contributed by atoms with Gasteiger partial charge in [0.2, 0.25) is 5.91 Å². The number of likely N-dealkylation sites (tertiary alicyclic amines) is 1. The van der Waals surface area contributed by atoms with E-state index in [1.807, 2.05) is 4.90 Å². The van der Waals surface area contributed by atoms with Crippen molar-refractivity contribution in [1.82, 2.24) is 20.7 Å².